The second-order valence-corrected chi connectivity index (χ2v) is 13.9. The number of para-hydroxylation sites is 1. The normalized spacial score (nSPS) is 12.0. The van der Waals surface area contributed by atoms with Gasteiger partial charge in [0.25, 0.3) is 0 Å². The predicted octanol–water partition coefficient (Wildman–Crippen LogP) is 13.2. The number of fused-ring (bicyclic) bond motifs is 5. The van der Waals surface area contributed by atoms with Gasteiger partial charge in [-0.15, -0.1) is 0 Å². The van der Waals surface area contributed by atoms with E-state index >= 15 is 0 Å². The van der Waals surface area contributed by atoms with Crippen molar-refractivity contribution < 1.29 is 0 Å². The molecule has 0 N–H and O–H groups in total. The Morgan fingerprint density at radius 2 is 1.13 bits per heavy atom. The van der Waals surface area contributed by atoms with Gasteiger partial charge in [0, 0.05) is 44.7 Å². The highest BCUT2D eigenvalue weighted by Gasteiger charge is 2.29. The summed E-state index contributed by atoms with van der Waals surface area (Å²) in [6, 6.07) is 67.2. The van der Waals surface area contributed by atoms with Crippen molar-refractivity contribution in [2.75, 3.05) is 4.90 Å². The molecule has 4 heteroatoms. The van der Waals surface area contributed by atoms with E-state index in [0.29, 0.717) is 0 Å². The van der Waals surface area contributed by atoms with Gasteiger partial charge >= 0.3 is 0 Å². The molecule has 252 valence electrons. The molecule has 0 saturated carbocycles. The van der Waals surface area contributed by atoms with E-state index in [1.54, 1.807) is 0 Å². The van der Waals surface area contributed by atoms with Crippen LogP contribution in [0, 0.1) is 0 Å². The Balaban J connectivity index is 1.25. The van der Waals surface area contributed by atoms with Crippen molar-refractivity contribution in [3.63, 3.8) is 0 Å². The molecule has 0 radical (unpaired) electrons. The minimum atomic E-state index is 0.873. The predicted molar refractivity (Wildman–Crippen MR) is 224 cm³/mol. The van der Waals surface area contributed by atoms with Crippen molar-refractivity contribution in [3.8, 4) is 50.5 Å². The zero-order chi connectivity index (χ0) is 35.6. The second-order valence-electron chi connectivity index (χ2n) is 13.9. The summed E-state index contributed by atoms with van der Waals surface area (Å²) in [5.41, 5.74) is 14.3. The summed E-state index contributed by atoms with van der Waals surface area (Å²) in [7, 11) is 0. The molecule has 0 aliphatic carbocycles. The quantitative estimate of drug-likeness (QED) is 0.180. The van der Waals surface area contributed by atoms with Crippen LogP contribution in [0.5, 0.6) is 0 Å². The lowest BCUT2D eigenvalue weighted by Gasteiger charge is -2.33. The van der Waals surface area contributed by atoms with Crippen LogP contribution in [0.25, 0.3) is 83.0 Å². The zero-order valence-corrected chi connectivity index (χ0v) is 29.3. The van der Waals surface area contributed by atoms with Gasteiger partial charge in [-0.3, -0.25) is 9.88 Å². The van der Waals surface area contributed by atoms with E-state index in [4.69, 9.17) is 9.97 Å². The second kappa shape index (κ2) is 12.1. The molecule has 4 nitrogen and oxygen atoms in total. The van der Waals surface area contributed by atoms with Gasteiger partial charge in [0.2, 0.25) is 0 Å². The molecule has 1 aliphatic rings. The van der Waals surface area contributed by atoms with Crippen LogP contribution in [0.2, 0.25) is 0 Å². The van der Waals surface area contributed by atoms with Crippen molar-refractivity contribution >= 4 is 49.8 Å². The summed E-state index contributed by atoms with van der Waals surface area (Å²) in [5.74, 6) is 0.873. The Kier molecular flexibility index (Phi) is 6.82. The zero-order valence-electron chi connectivity index (χ0n) is 29.3. The van der Waals surface area contributed by atoms with E-state index < -0.39 is 0 Å². The lowest BCUT2D eigenvalue weighted by Crippen LogP contribution is -2.17. The van der Waals surface area contributed by atoms with Gasteiger partial charge in [0.05, 0.1) is 33.8 Å². The molecule has 0 spiro atoms. The lowest BCUT2D eigenvalue weighted by atomic mass is 9.90. The highest BCUT2D eigenvalue weighted by atomic mass is 15.2. The molecule has 11 rings (SSSR count). The van der Waals surface area contributed by atoms with Crippen molar-refractivity contribution in [2.45, 2.75) is 0 Å². The molecule has 4 heterocycles. The highest BCUT2D eigenvalue weighted by Crippen LogP contribution is 2.53. The Bertz CT molecular complexity index is 2960. The standard InChI is InChI=1S/C50H32N4/c1-4-14-33(15-5-1)37-29-44(34-16-6-2-7-17-34)52-49(30-37)54-46-24-13-19-35-18-12-22-39(50(35)46)41-31-42-40-28-36(43-23-10-11-27-51-43)25-26-45(40)53(47(42)32-48(41)54)38-20-8-3-9-21-38/h1-32H. The maximum atomic E-state index is 5.47. The van der Waals surface area contributed by atoms with Crippen LogP contribution in [0.15, 0.2) is 194 Å². The Hall–Kier alpha value is -7.30. The van der Waals surface area contributed by atoms with Gasteiger partial charge in [-0.2, -0.15) is 0 Å². The van der Waals surface area contributed by atoms with Gasteiger partial charge < -0.3 is 4.57 Å². The fourth-order valence-corrected chi connectivity index (χ4v) is 8.30. The van der Waals surface area contributed by atoms with E-state index in [1.807, 2.05) is 18.3 Å². The van der Waals surface area contributed by atoms with Crippen molar-refractivity contribution in [1.29, 1.82) is 0 Å². The smallest absolute Gasteiger partial charge is 0.138 e. The molecular formula is C50H32N4. The van der Waals surface area contributed by atoms with Gasteiger partial charge in [0.1, 0.15) is 5.82 Å². The first-order valence-corrected chi connectivity index (χ1v) is 18.3. The first kappa shape index (κ1) is 30.3. The summed E-state index contributed by atoms with van der Waals surface area (Å²) in [6.07, 6.45) is 1.86. The van der Waals surface area contributed by atoms with Crippen LogP contribution < -0.4 is 4.90 Å². The number of pyridine rings is 2. The van der Waals surface area contributed by atoms with E-state index in [2.05, 4.69) is 185 Å². The first-order valence-electron chi connectivity index (χ1n) is 18.3. The maximum Gasteiger partial charge on any atom is 0.138 e. The molecule has 0 atom stereocenters. The van der Waals surface area contributed by atoms with E-state index in [1.165, 1.54) is 32.7 Å². The fourth-order valence-electron chi connectivity index (χ4n) is 8.30. The molecule has 0 unspecified atom stereocenters. The Morgan fingerprint density at radius 1 is 0.407 bits per heavy atom. The average Bonchev–Trinajstić information content (AvgIpc) is 3.57. The molecule has 1 aliphatic heterocycles. The number of hydrogen-bond acceptors (Lipinski definition) is 3. The Morgan fingerprint density at radius 3 is 1.91 bits per heavy atom. The summed E-state index contributed by atoms with van der Waals surface area (Å²) in [4.78, 5) is 12.6. The molecule has 54 heavy (non-hydrogen) atoms. The van der Waals surface area contributed by atoms with Crippen LogP contribution in [0.4, 0.5) is 17.2 Å². The monoisotopic (exact) mass is 688 g/mol. The van der Waals surface area contributed by atoms with Crippen molar-refractivity contribution in [1.82, 2.24) is 14.5 Å². The van der Waals surface area contributed by atoms with Gasteiger partial charge in [-0.25, -0.2) is 4.98 Å². The molecule has 10 aromatic rings. The van der Waals surface area contributed by atoms with Crippen LogP contribution >= 0.6 is 0 Å². The number of nitrogens with zero attached hydrogens (tertiary/aromatic N) is 4. The van der Waals surface area contributed by atoms with Crippen LogP contribution in [0.1, 0.15) is 0 Å². The summed E-state index contributed by atoms with van der Waals surface area (Å²) in [5, 5.41) is 4.80. The first-order chi connectivity index (χ1) is 26.8. The minimum absolute atomic E-state index is 0.873. The number of hydrogen-bond donors (Lipinski definition) is 0. The van der Waals surface area contributed by atoms with Gasteiger partial charge in [-0.05, 0) is 88.8 Å². The topological polar surface area (TPSA) is 34.0 Å². The molecule has 3 aromatic heterocycles. The van der Waals surface area contributed by atoms with Crippen LogP contribution in [-0.2, 0) is 0 Å². The molecule has 0 fully saturated rings. The maximum absolute atomic E-state index is 5.47. The minimum Gasteiger partial charge on any atom is -0.309 e. The molecule has 0 bridgehead atoms. The largest absolute Gasteiger partial charge is 0.309 e. The highest BCUT2D eigenvalue weighted by molar-refractivity contribution is 6.19. The van der Waals surface area contributed by atoms with E-state index in [9.17, 15) is 0 Å². The lowest BCUT2D eigenvalue weighted by molar-refractivity contribution is 1.16. The summed E-state index contributed by atoms with van der Waals surface area (Å²) < 4.78 is 2.40. The average molecular weight is 689 g/mol. The van der Waals surface area contributed by atoms with Crippen LogP contribution in [-0.4, -0.2) is 14.5 Å². The molecule has 0 saturated heterocycles. The fraction of sp³-hybridized carbons (Fsp3) is 0. The third kappa shape index (κ3) is 4.78. The van der Waals surface area contributed by atoms with Gasteiger partial charge in [-0.1, -0.05) is 121 Å². The summed E-state index contributed by atoms with van der Waals surface area (Å²) >= 11 is 0. The number of rotatable bonds is 5. The number of benzene rings is 7. The van der Waals surface area contributed by atoms with Crippen LogP contribution in [0.3, 0.4) is 0 Å². The number of aromatic nitrogens is 3. The SMILES string of the molecule is c1ccc(-c2cc(-c3ccccc3)nc(N3c4cc5c(cc4-c4cccc6cccc3c46)c3cc(-c4ccccn4)ccc3n5-c3ccccc3)c2)cc1. The van der Waals surface area contributed by atoms with Gasteiger partial charge in [0.15, 0.2) is 0 Å². The van der Waals surface area contributed by atoms with Crippen molar-refractivity contribution in [2.24, 2.45) is 0 Å². The van der Waals surface area contributed by atoms with E-state index in [0.717, 1.165) is 67.6 Å². The number of anilines is 3. The molecular weight excluding hydrogens is 657 g/mol. The molecule has 7 aromatic carbocycles. The molecule has 0 amide bonds. The third-order valence-corrected chi connectivity index (χ3v) is 10.7. The third-order valence-electron chi connectivity index (χ3n) is 10.7. The van der Waals surface area contributed by atoms with Crippen molar-refractivity contribution in [3.05, 3.63) is 194 Å². The Labute approximate surface area is 312 Å². The van der Waals surface area contributed by atoms with E-state index in [-0.39, 0.29) is 0 Å². The summed E-state index contributed by atoms with van der Waals surface area (Å²) in [6.45, 7) is 0.